The predicted octanol–water partition coefficient (Wildman–Crippen LogP) is 2.13. The van der Waals surface area contributed by atoms with Gasteiger partial charge in [0.25, 0.3) is 0 Å². The first-order chi connectivity index (χ1) is 10.1. The number of nitriles is 1. The summed E-state index contributed by atoms with van der Waals surface area (Å²) in [5, 5.41) is 8.59. The van der Waals surface area contributed by atoms with E-state index in [-0.39, 0.29) is 5.75 Å². The fraction of sp³-hybridized carbons (Fsp3) is 0.200. The number of hydrogen-bond donors (Lipinski definition) is 1. The minimum atomic E-state index is -3.39. The molecule has 1 aromatic heterocycles. The van der Waals surface area contributed by atoms with Gasteiger partial charge in [0.15, 0.2) is 0 Å². The molecule has 0 aliphatic carbocycles. The number of aromatic nitrogens is 1. The summed E-state index contributed by atoms with van der Waals surface area (Å²) in [6, 6.07) is 12.4. The first kappa shape index (κ1) is 15.0. The number of pyridine rings is 1. The molecule has 0 radical (unpaired) electrons. The summed E-state index contributed by atoms with van der Waals surface area (Å²) in [5.41, 5.74) is 2.29. The number of nitrogens with one attached hydrogen (secondary N) is 1. The first-order valence-electron chi connectivity index (χ1n) is 6.44. The van der Waals surface area contributed by atoms with Crippen LogP contribution >= 0.6 is 0 Å². The van der Waals surface area contributed by atoms with E-state index in [1.807, 2.05) is 6.07 Å². The lowest BCUT2D eigenvalue weighted by atomic mass is 10.1. The molecule has 0 aliphatic heterocycles. The lowest BCUT2D eigenvalue weighted by Gasteiger charge is -2.08. The van der Waals surface area contributed by atoms with Crippen LogP contribution in [-0.4, -0.2) is 19.2 Å². The van der Waals surface area contributed by atoms with E-state index < -0.39 is 10.0 Å². The van der Waals surface area contributed by atoms with Crippen LogP contribution in [0, 0.1) is 11.3 Å². The van der Waals surface area contributed by atoms with Crippen molar-refractivity contribution in [2.75, 3.05) is 10.5 Å². The Hall–Kier alpha value is -2.39. The minimum Gasteiger partial charge on any atom is -0.284 e. The molecule has 21 heavy (non-hydrogen) atoms. The van der Waals surface area contributed by atoms with Crippen LogP contribution in [0.2, 0.25) is 0 Å². The van der Waals surface area contributed by atoms with Gasteiger partial charge in [0, 0.05) is 18.1 Å². The number of aryl methyl sites for hydroxylation is 1. The van der Waals surface area contributed by atoms with Crippen molar-refractivity contribution < 1.29 is 8.42 Å². The van der Waals surface area contributed by atoms with Crippen molar-refractivity contribution in [1.29, 1.82) is 5.26 Å². The van der Waals surface area contributed by atoms with Gasteiger partial charge in [0.2, 0.25) is 10.0 Å². The van der Waals surface area contributed by atoms with Gasteiger partial charge in [0.1, 0.15) is 0 Å². The molecule has 0 bridgehead atoms. The molecule has 2 rings (SSSR count). The summed E-state index contributed by atoms with van der Waals surface area (Å²) in [6.07, 6.45) is 4.03. The Morgan fingerprint density at radius 2 is 1.71 bits per heavy atom. The van der Waals surface area contributed by atoms with Crippen molar-refractivity contribution in [2.45, 2.75) is 12.8 Å². The molecule has 5 nitrogen and oxygen atoms in total. The van der Waals surface area contributed by atoms with Crippen LogP contribution in [-0.2, 0) is 22.9 Å². The number of nitrogens with zero attached hydrogens (tertiary/aromatic N) is 2. The van der Waals surface area contributed by atoms with Crippen molar-refractivity contribution in [3.05, 3.63) is 59.9 Å². The summed E-state index contributed by atoms with van der Waals surface area (Å²) in [5.74, 6) is 0.0109. The van der Waals surface area contributed by atoms with Crippen molar-refractivity contribution in [3.8, 4) is 6.07 Å². The third kappa shape index (κ3) is 4.89. The monoisotopic (exact) mass is 301 g/mol. The Labute approximate surface area is 124 Å². The molecule has 1 aromatic carbocycles. The molecule has 0 spiro atoms. The molecule has 6 heteroatoms. The maximum absolute atomic E-state index is 12.0. The van der Waals surface area contributed by atoms with Gasteiger partial charge in [-0.05, 0) is 41.8 Å². The summed E-state index contributed by atoms with van der Waals surface area (Å²) in [6.45, 7) is 0. The second kappa shape index (κ2) is 6.86. The van der Waals surface area contributed by atoms with Crippen molar-refractivity contribution in [3.63, 3.8) is 0 Å². The highest BCUT2D eigenvalue weighted by molar-refractivity contribution is 7.92. The Morgan fingerprint density at radius 1 is 1.05 bits per heavy atom. The van der Waals surface area contributed by atoms with Gasteiger partial charge in [0.05, 0.1) is 18.2 Å². The fourth-order valence-corrected chi connectivity index (χ4v) is 2.92. The summed E-state index contributed by atoms with van der Waals surface area (Å²) in [7, 11) is -3.39. The quantitative estimate of drug-likeness (QED) is 0.886. The summed E-state index contributed by atoms with van der Waals surface area (Å²) in [4.78, 5) is 3.89. The lowest BCUT2D eigenvalue weighted by Crippen LogP contribution is -2.18. The topological polar surface area (TPSA) is 82.9 Å². The lowest BCUT2D eigenvalue weighted by molar-refractivity contribution is 0.600. The van der Waals surface area contributed by atoms with Gasteiger partial charge in [-0.15, -0.1) is 0 Å². The van der Waals surface area contributed by atoms with Gasteiger partial charge in [-0.2, -0.15) is 5.26 Å². The van der Waals surface area contributed by atoms with E-state index in [0.29, 0.717) is 18.5 Å². The van der Waals surface area contributed by atoms with Crippen molar-refractivity contribution >= 4 is 15.7 Å². The first-order valence-corrected chi connectivity index (χ1v) is 8.09. The molecule has 0 unspecified atom stereocenters. The van der Waals surface area contributed by atoms with E-state index in [4.69, 9.17) is 5.26 Å². The number of rotatable bonds is 6. The van der Waals surface area contributed by atoms with Crippen molar-refractivity contribution in [2.24, 2.45) is 0 Å². The maximum atomic E-state index is 12.0. The molecule has 0 fully saturated rings. The zero-order chi connectivity index (χ0) is 15.1. The normalized spacial score (nSPS) is 10.8. The largest absolute Gasteiger partial charge is 0.284 e. The van der Waals surface area contributed by atoms with Crippen LogP contribution in [0.5, 0.6) is 0 Å². The maximum Gasteiger partial charge on any atom is 0.233 e. The zero-order valence-corrected chi connectivity index (χ0v) is 12.2. The van der Waals surface area contributed by atoms with E-state index >= 15 is 0 Å². The molecule has 0 aliphatic rings. The Kier molecular flexibility index (Phi) is 4.90. The van der Waals surface area contributed by atoms with E-state index in [1.54, 1.807) is 48.8 Å². The zero-order valence-electron chi connectivity index (χ0n) is 11.4. The molecule has 0 saturated carbocycles. The summed E-state index contributed by atoms with van der Waals surface area (Å²) < 4.78 is 26.5. The minimum absolute atomic E-state index is 0.0109. The van der Waals surface area contributed by atoms with Crippen LogP contribution in [0.1, 0.15) is 11.1 Å². The van der Waals surface area contributed by atoms with Crippen LogP contribution in [0.25, 0.3) is 0 Å². The Morgan fingerprint density at radius 3 is 2.33 bits per heavy atom. The SMILES string of the molecule is N#CCc1ccc(NS(=O)(=O)CCc2ccncc2)cc1. The number of sulfonamides is 1. The van der Waals surface area contributed by atoms with E-state index in [2.05, 4.69) is 9.71 Å². The third-order valence-corrected chi connectivity index (χ3v) is 4.21. The number of anilines is 1. The molecule has 0 saturated heterocycles. The number of benzene rings is 1. The van der Waals surface area contributed by atoms with Gasteiger partial charge in [-0.25, -0.2) is 8.42 Å². The van der Waals surface area contributed by atoms with E-state index in [1.165, 1.54) is 0 Å². The number of hydrogen-bond acceptors (Lipinski definition) is 4. The Balaban J connectivity index is 1.96. The average Bonchev–Trinajstić information content (AvgIpc) is 2.48. The highest BCUT2D eigenvalue weighted by atomic mass is 32.2. The fourth-order valence-electron chi connectivity index (χ4n) is 1.81. The van der Waals surface area contributed by atoms with Gasteiger partial charge < -0.3 is 0 Å². The predicted molar refractivity (Wildman–Crippen MR) is 81.1 cm³/mol. The molecular formula is C15H15N3O2S. The van der Waals surface area contributed by atoms with Gasteiger partial charge in [-0.3, -0.25) is 9.71 Å². The Bertz CT molecular complexity index is 720. The van der Waals surface area contributed by atoms with Crippen LogP contribution < -0.4 is 4.72 Å². The standard InChI is InChI=1S/C15H15N3O2S/c16-9-5-13-1-3-15(4-2-13)18-21(19,20)12-8-14-6-10-17-11-7-14/h1-4,6-7,10-11,18H,5,8,12H2. The molecule has 0 atom stereocenters. The second-order valence-corrected chi connectivity index (χ2v) is 6.40. The van der Waals surface area contributed by atoms with Crippen molar-refractivity contribution in [1.82, 2.24) is 4.98 Å². The molecule has 1 N–H and O–H groups in total. The molecule has 108 valence electrons. The van der Waals surface area contributed by atoms with Crippen LogP contribution in [0.3, 0.4) is 0 Å². The third-order valence-electron chi connectivity index (χ3n) is 2.92. The molecule has 1 heterocycles. The smallest absolute Gasteiger partial charge is 0.233 e. The van der Waals surface area contributed by atoms with Gasteiger partial charge >= 0.3 is 0 Å². The molecule has 2 aromatic rings. The molecule has 0 amide bonds. The highest BCUT2D eigenvalue weighted by Crippen LogP contribution is 2.12. The summed E-state index contributed by atoms with van der Waals surface area (Å²) >= 11 is 0. The van der Waals surface area contributed by atoms with E-state index in [0.717, 1.165) is 11.1 Å². The van der Waals surface area contributed by atoms with Gasteiger partial charge in [-0.1, -0.05) is 12.1 Å². The van der Waals surface area contributed by atoms with Crippen LogP contribution in [0.4, 0.5) is 5.69 Å². The van der Waals surface area contributed by atoms with Crippen LogP contribution in [0.15, 0.2) is 48.8 Å². The average molecular weight is 301 g/mol. The van der Waals surface area contributed by atoms with E-state index in [9.17, 15) is 8.42 Å². The molecular weight excluding hydrogens is 286 g/mol. The second-order valence-electron chi connectivity index (χ2n) is 4.56. The highest BCUT2D eigenvalue weighted by Gasteiger charge is 2.10.